The Bertz CT molecular complexity index is 1310. The standard InChI is InChI=1S/C27H24ClNO3/c1-27(2)11-21-25(22(30)12-27)24(19-10-17(28)9-16-13-31-14-32-26(16)19)23-18-6-4-3-5-15(18)7-8-20(23)29-21/h3-10,24-25H,11-14H2,1-2H3. The highest BCUT2D eigenvalue weighted by Crippen LogP contribution is 2.53. The summed E-state index contributed by atoms with van der Waals surface area (Å²) in [5, 5.41) is 2.89. The van der Waals surface area contributed by atoms with E-state index in [0.29, 0.717) is 18.1 Å². The summed E-state index contributed by atoms with van der Waals surface area (Å²) in [4.78, 5) is 18.7. The summed E-state index contributed by atoms with van der Waals surface area (Å²) < 4.78 is 11.5. The molecule has 2 unspecified atom stereocenters. The van der Waals surface area contributed by atoms with E-state index in [1.54, 1.807) is 0 Å². The van der Waals surface area contributed by atoms with Crippen LogP contribution < -0.4 is 4.74 Å². The first-order valence-corrected chi connectivity index (χ1v) is 11.4. The van der Waals surface area contributed by atoms with Crippen molar-refractivity contribution >= 4 is 39.6 Å². The van der Waals surface area contributed by atoms with E-state index < -0.39 is 0 Å². The van der Waals surface area contributed by atoms with E-state index in [0.717, 1.165) is 51.0 Å². The van der Waals surface area contributed by atoms with Crippen molar-refractivity contribution in [3.05, 3.63) is 70.2 Å². The molecule has 1 fully saturated rings. The van der Waals surface area contributed by atoms with Gasteiger partial charge in [-0.3, -0.25) is 9.79 Å². The molecule has 2 atom stereocenters. The summed E-state index contributed by atoms with van der Waals surface area (Å²) in [5.74, 6) is 0.529. The van der Waals surface area contributed by atoms with Gasteiger partial charge < -0.3 is 9.47 Å². The molecular weight excluding hydrogens is 422 g/mol. The topological polar surface area (TPSA) is 47.9 Å². The SMILES string of the molecule is CC1(C)CC(=O)C2C(=Nc3ccc4ccccc4c3C2c2cc(Cl)cc3c2OCOC3)C1. The highest BCUT2D eigenvalue weighted by atomic mass is 35.5. The maximum atomic E-state index is 13.6. The molecule has 5 heteroatoms. The van der Waals surface area contributed by atoms with Crippen molar-refractivity contribution in [2.24, 2.45) is 16.3 Å². The van der Waals surface area contributed by atoms with Gasteiger partial charge in [0.2, 0.25) is 0 Å². The summed E-state index contributed by atoms with van der Waals surface area (Å²) >= 11 is 6.58. The zero-order valence-electron chi connectivity index (χ0n) is 18.2. The normalized spacial score (nSPS) is 23.6. The molecule has 1 aliphatic carbocycles. The van der Waals surface area contributed by atoms with Gasteiger partial charge in [-0.1, -0.05) is 55.8 Å². The van der Waals surface area contributed by atoms with E-state index in [1.807, 2.05) is 24.3 Å². The summed E-state index contributed by atoms with van der Waals surface area (Å²) in [6, 6.07) is 16.4. The summed E-state index contributed by atoms with van der Waals surface area (Å²) in [7, 11) is 0. The first kappa shape index (κ1) is 20.0. The molecular formula is C27H24ClNO3. The van der Waals surface area contributed by atoms with Crippen molar-refractivity contribution in [3.8, 4) is 5.75 Å². The smallest absolute Gasteiger partial charge is 0.189 e. The largest absolute Gasteiger partial charge is 0.467 e. The van der Waals surface area contributed by atoms with Crippen molar-refractivity contribution in [2.45, 2.75) is 39.2 Å². The van der Waals surface area contributed by atoms with Gasteiger partial charge in [-0.05, 0) is 46.4 Å². The number of hydrogen-bond acceptors (Lipinski definition) is 4. The molecule has 6 rings (SSSR count). The van der Waals surface area contributed by atoms with Crippen LogP contribution in [0.1, 0.15) is 49.3 Å². The summed E-state index contributed by atoms with van der Waals surface area (Å²) in [5.41, 5.74) is 4.78. The third-order valence-electron chi connectivity index (χ3n) is 6.91. The molecule has 0 saturated heterocycles. The second kappa shape index (κ2) is 7.16. The number of fused-ring (bicyclic) bond motifs is 5. The fourth-order valence-electron chi connectivity index (χ4n) is 5.72. The van der Waals surface area contributed by atoms with E-state index >= 15 is 0 Å². The lowest BCUT2D eigenvalue weighted by atomic mass is 9.63. The second-order valence-electron chi connectivity index (χ2n) is 9.86. The Morgan fingerprint density at radius 1 is 1.06 bits per heavy atom. The number of Topliss-reactive ketones (excluding diaryl/α,β-unsaturated/α-hetero) is 1. The second-order valence-corrected chi connectivity index (χ2v) is 10.3. The fourth-order valence-corrected chi connectivity index (χ4v) is 5.97. The zero-order valence-corrected chi connectivity index (χ0v) is 18.9. The van der Waals surface area contributed by atoms with Gasteiger partial charge in [0.1, 0.15) is 11.5 Å². The van der Waals surface area contributed by atoms with E-state index in [4.69, 9.17) is 26.1 Å². The average Bonchev–Trinajstić information content (AvgIpc) is 2.76. The molecule has 2 aliphatic heterocycles. The number of halogens is 1. The van der Waals surface area contributed by atoms with E-state index in [9.17, 15) is 4.79 Å². The number of rotatable bonds is 1. The van der Waals surface area contributed by atoms with E-state index in [2.05, 4.69) is 38.1 Å². The van der Waals surface area contributed by atoms with Crippen LogP contribution in [0.15, 0.2) is 53.5 Å². The predicted octanol–water partition coefficient (Wildman–Crippen LogP) is 6.58. The number of hydrogen-bond donors (Lipinski definition) is 0. The summed E-state index contributed by atoms with van der Waals surface area (Å²) in [6.07, 6.45) is 1.35. The van der Waals surface area contributed by atoms with Gasteiger partial charge in [0.25, 0.3) is 0 Å². The monoisotopic (exact) mass is 445 g/mol. The van der Waals surface area contributed by atoms with E-state index in [1.165, 1.54) is 0 Å². The predicted molar refractivity (Wildman–Crippen MR) is 126 cm³/mol. The molecule has 4 nitrogen and oxygen atoms in total. The number of aliphatic imine (C=N–C) groups is 1. The number of benzene rings is 3. The van der Waals surface area contributed by atoms with Gasteiger partial charge in [-0.15, -0.1) is 0 Å². The molecule has 1 saturated carbocycles. The first-order valence-electron chi connectivity index (χ1n) is 11.1. The van der Waals surface area contributed by atoms with Crippen LogP contribution in [-0.4, -0.2) is 18.3 Å². The quantitative estimate of drug-likeness (QED) is 0.425. The Labute approximate surface area is 192 Å². The maximum Gasteiger partial charge on any atom is 0.189 e. The van der Waals surface area contributed by atoms with Crippen LogP contribution in [0, 0.1) is 11.3 Å². The molecule has 0 amide bonds. The Hall–Kier alpha value is -2.69. The number of carbonyl (C=O) groups is 1. The lowest BCUT2D eigenvalue weighted by Gasteiger charge is -2.42. The Morgan fingerprint density at radius 3 is 2.78 bits per heavy atom. The molecule has 3 aromatic carbocycles. The molecule has 0 radical (unpaired) electrons. The van der Waals surface area contributed by atoms with Crippen LogP contribution in [0.5, 0.6) is 5.75 Å². The number of carbonyl (C=O) groups excluding carboxylic acids is 1. The molecule has 162 valence electrons. The van der Waals surface area contributed by atoms with Gasteiger partial charge in [0.15, 0.2) is 6.79 Å². The van der Waals surface area contributed by atoms with Crippen molar-refractivity contribution in [3.63, 3.8) is 0 Å². The zero-order chi connectivity index (χ0) is 22.0. The van der Waals surface area contributed by atoms with Crippen LogP contribution in [0.25, 0.3) is 10.8 Å². The number of ketones is 1. The average molecular weight is 446 g/mol. The van der Waals surface area contributed by atoms with Gasteiger partial charge in [-0.2, -0.15) is 0 Å². The molecule has 3 aliphatic rings. The molecule has 0 bridgehead atoms. The number of nitrogens with zero attached hydrogens (tertiary/aromatic N) is 1. The van der Waals surface area contributed by atoms with Crippen LogP contribution in [0.2, 0.25) is 5.02 Å². The maximum absolute atomic E-state index is 13.6. The third-order valence-corrected chi connectivity index (χ3v) is 7.13. The molecule has 0 spiro atoms. The Kier molecular flexibility index (Phi) is 4.46. The minimum atomic E-state index is -0.310. The Balaban J connectivity index is 1.68. The van der Waals surface area contributed by atoms with Gasteiger partial charge >= 0.3 is 0 Å². The minimum absolute atomic E-state index is 0.0938. The molecule has 0 N–H and O–H groups in total. The van der Waals surface area contributed by atoms with Crippen LogP contribution in [0.4, 0.5) is 5.69 Å². The highest BCUT2D eigenvalue weighted by Gasteiger charge is 2.47. The van der Waals surface area contributed by atoms with Crippen LogP contribution in [-0.2, 0) is 16.1 Å². The van der Waals surface area contributed by atoms with Gasteiger partial charge in [0, 0.05) is 34.2 Å². The number of ether oxygens (including phenoxy) is 2. The third kappa shape index (κ3) is 3.08. The highest BCUT2D eigenvalue weighted by molar-refractivity contribution is 6.30. The van der Waals surface area contributed by atoms with Gasteiger partial charge in [0.05, 0.1) is 18.2 Å². The van der Waals surface area contributed by atoms with E-state index in [-0.39, 0.29) is 29.8 Å². The van der Waals surface area contributed by atoms with Crippen molar-refractivity contribution in [1.82, 2.24) is 0 Å². The van der Waals surface area contributed by atoms with Crippen LogP contribution in [0.3, 0.4) is 0 Å². The summed E-state index contributed by atoms with van der Waals surface area (Å²) in [6.45, 7) is 4.94. The first-order chi connectivity index (χ1) is 15.4. The minimum Gasteiger partial charge on any atom is -0.467 e. The molecule has 3 aromatic rings. The Morgan fingerprint density at radius 2 is 1.91 bits per heavy atom. The van der Waals surface area contributed by atoms with Crippen LogP contribution >= 0.6 is 11.6 Å². The fraction of sp³-hybridized carbons (Fsp3) is 0.333. The molecule has 32 heavy (non-hydrogen) atoms. The van der Waals surface area contributed by atoms with Crippen molar-refractivity contribution < 1.29 is 14.3 Å². The van der Waals surface area contributed by atoms with Crippen molar-refractivity contribution in [1.29, 1.82) is 0 Å². The van der Waals surface area contributed by atoms with Crippen molar-refractivity contribution in [2.75, 3.05) is 6.79 Å². The molecule has 2 heterocycles. The lowest BCUT2D eigenvalue weighted by molar-refractivity contribution is -0.124. The lowest BCUT2D eigenvalue weighted by Crippen LogP contribution is -2.42. The van der Waals surface area contributed by atoms with Gasteiger partial charge in [-0.25, -0.2) is 0 Å². The molecule has 0 aromatic heterocycles.